The van der Waals surface area contributed by atoms with Crippen LogP contribution in [0.4, 0.5) is 13.2 Å². The van der Waals surface area contributed by atoms with Crippen LogP contribution in [0, 0.1) is 4.77 Å². The van der Waals surface area contributed by atoms with Crippen molar-refractivity contribution in [2.24, 2.45) is 0 Å². The molecule has 2 aromatic heterocycles. The van der Waals surface area contributed by atoms with Crippen LogP contribution < -0.4 is 5.32 Å². The summed E-state index contributed by atoms with van der Waals surface area (Å²) < 4.78 is 43.9. The summed E-state index contributed by atoms with van der Waals surface area (Å²) in [6, 6.07) is 5.78. The summed E-state index contributed by atoms with van der Waals surface area (Å²) in [5.74, 6) is -0.286. The molecule has 3 aromatic rings. The summed E-state index contributed by atoms with van der Waals surface area (Å²) in [5.41, 5.74) is -1.65. The van der Waals surface area contributed by atoms with Gasteiger partial charge in [-0.1, -0.05) is 17.7 Å². The Kier molecular flexibility index (Phi) is 6.08. The number of H-pyrrole nitrogens is 1. The second-order valence-corrected chi connectivity index (χ2v) is 6.81. The Morgan fingerprint density at radius 3 is 2.79 bits per heavy atom. The summed E-state index contributed by atoms with van der Waals surface area (Å²) in [7, 11) is 0. The molecule has 0 spiro atoms. The normalized spacial score (nSPS) is 11.6. The Balaban J connectivity index is 1.82. The van der Waals surface area contributed by atoms with E-state index in [1.807, 2.05) is 6.92 Å². The van der Waals surface area contributed by atoms with Crippen molar-refractivity contribution in [3.63, 3.8) is 0 Å². The third-order valence-corrected chi connectivity index (χ3v) is 4.67. The lowest BCUT2D eigenvalue weighted by Crippen LogP contribution is -2.29. The van der Waals surface area contributed by atoms with Crippen molar-refractivity contribution in [3.05, 3.63) is 57.3 Å². The Morgan fingerprint density at radius 1 is 1.38 bits per heavy atom. The molecule has 7 nitrogen and oxygen atoms in total. The number of halogens is 4. The van der Waals surface area contributed by atoms with Gasteiger partial charge in [0.1, 0.15) is 5.82 Å². The number of nitrogens with one attached hydrogen (secondary N) is 2. The number of rotatable bonds is 6. The first-order valence-corrected chi connectivity index (χ1v) is 9.34. The zero-order chi connectivity index (χ0) is 21.2. The van der Waals surface area contributed by atoms with E-state index in [-0.39, 0.29) is 17.3 Å². The van der Waals surface area contributed by atoms with Gasteiger partial charge in [0.15, 0.2) is 10.5 Å². The number of nitrogens with zero attached hydrogens (tertiary/aromatic N) is 4. The molecule has 29 heavy (non-hydrogen) atoms. The topological polar surface area (TPSA) is 80.5 Å². The maximum Gasteiger partial charge on any atom is 0.434 e. The fourth-order valence-corrected chi connectivity index (χ4v) is 3.31. The van der Waals surface area contributed by atoms with Crippen molar-refractivity contribution in [2.45, 2.75) is 26.1 Å². The second kappa shape index (κ2) is 8.37. The summed E-state index contributed by atoms with van der Waals surface area (Å²) in [5, 5.41) is 13.2. The monoisotopic (exact) mass is 444 g/mol. The number of carbonyl (C=O) groups excluding carboxylic acids is 1. The van der Waals surface area contributed by atoms with Crippen LogP contribution in [0.5, 0.6) is 0 Å². The average Bonchev–Trinajstić information content (AvgIpc) is 3.25. The first-order chi connectivity index (χ1) is 13.7. The predicted molar refractivity (Wildman–Crippen MR) is 103 cm³/mol. The molecule has 0 radical (unpaired) electrons. The van der Waals surface area contributed by atoms with Crippen LogP contribution in [-0.2, 0) is 19.1 Å². The lowest BCUT2D eigenvalue weighted by Gasteiger charge is -2.13. The minimum atomic E-state index is -4.80. The van der Waals surface area contributed by atoms with Gasteiger partial charge in [-0.25, -0.2) is 4.68 Å². The molecule has 0 atom stereocenters. The van der Waals surface area contributed by atoms with Crippen LogP contribution in [0.1, 0.15) is 28.8 Å². The quantitative estimate of drug-likeness (QED) is 0.567. The highest BCUT2D eigenvalue weighted by Crippen LogP contribution is 2.34. The van der Waals surface area contributed by atoms with E-state index in [0.717, 1.165) is 6.20 Å². The minimum absolute atomic E-state index is 0.0815. The van der Waals surface area contributed by atoms with E-state index in [0.29, 0.717) is 28.2 Å². The molecule has 0 saturated carbocycles. The first-order valence-electron chi connectivity index (χ1n) is 8.55. The van der Waals surface area contributed by atoms with Gasteiger partial charge in [0.05, 0.1) is 17.4 Å². The van der Waals surface area contributed by atoms with Crippen molar-refractivity contribution in [2.75, 3.05) is 6.54 Å². The van der Waals surface area contributed by atoms with Crippen molar-refractivity contribution in [1.29, 1.82) is 0 Å². The summed E-state index contributed by atoms with van der Waals surface area (Å²) in [6.07, 6.45) is -3.60. The highest BCUT2D eigenvalue weighted by molar-refractivity contribution is 7.71. The van der Waals surface area contributed by atoms with Crippen LogP contribution in [-0.4, -0.2) is 37.0 Å². The third-order valence-electron chi connectivity index (χ3n) is 4.12. The zero-order valence-corrected chi connectivity index (χ0v) is 16.7. The molecule has 0 aliphatic heterocycles. The molecule has 0 bridgehead atoms. The Morgan fingerprint density at radius 2 is 2.14 bits per heavy atom. The van der Waals surface area contributed by atoms with Gasteiger partial charge in [-0.15, -0.1) is 0 Å². The number of hydrogen-bond donors (Lipinski definition) is 2. The number of alkyl halides is 3. The molecular weight excluding hydrogens is 429 g/mol. The second-order valence-electron chi connectivity index (χ2n) is 5.99. The van der Waals surface area contributed by atoms with E-state index in [9.17, 15) is 18.0 Å². The molecule has 2 heterocycles. The first kappa shape index (κ1) is 21.1. The zero-order valence-electron chi connectivity index (χ0n) is 15.1. The predicted octanol–water partition coefficient (Wildman–Crippen LogP) is 3.79. The van der Waals surface area contributed by atoms with Crippen molar-refractivity contribution in [3.8, 4) is 5.69 Å². The molecule has 0 unspecified atom stereocenters. The van der Waals surface area contributed by atoms with Crippen LogP contribution in [0.25, 0.3) is 5.69 Å². The molecule has 1 aromatic carbocycles. The number of aromatic amines is 1. The molecule has 0 aliphatic carbocycles. The summed E-state index contributed by atoms with van der Waals surface area (Å²) >= 11 is 10.9. The van der Waals surface area contributed by atoms with E-state index >= 15 is 0 Å². The SMILES string of the molecule is CCn1c(CCNC(=O)c2cnn(-c3cccc(Cl)c3)c2C(F)(F)F)n[nH]c1=S. The average molecular weight is 445 g/mol. The van der Waals surface area contributed by atoms with Gasteiger partial charge in [0, 0.05) is 24.5 Å². The Bertz CT molecular complexity index is 1090. The van der Waals surface area contributed by atoms with Crippen molar-refractivity contribution in [1.82, 2.24) is 29.9 Å². The van der Waals surface area contributed by atoms with Gasteiger partial charge in [-0.2, -0.15) is 23.4 Å². The van der Waals surface area contributed by atoms with Crippen LogP contribution in [0.15, 0.2) is 30.5 Å². The van der Waals surface area contributed by atoms with E-state index < -0.39 is 23.3 Å². The van der Waals surface area contributed by atoms with Gasteiger partial charge in [-0.05, 0) is 37.3 Å². The van der Waals surface area contributed by atoms with Crippen LogP contribution >= 0.6 is 23.8 Å². The van der Waals surface area contributed by atoms with Gasteiger partial charge in [0.25, 0.3) is 5.91 Å². The number of benzene rings is 1. The fraction of sp³-hybridized carbons (Fsp3) is 0.294. The van der Waals surface area contributed by atoms with Crippen molar-refractivity contribution < 1.29 is 18.0 Å². The van der Waals surface area contributed by atoms with Crippen LogP contribution in [0.2, 0.25) is 5.02 Å². The Labute approximate surface area is 173 Å². The maximum atomic E-state index is 13.7. The smallest absolute Gasteiger partial charge is 0.351 e. The van der Waals surface area contributed by atoms with Gasteiger partial charge < -0.3 is 9.88 Å². The third kappa shape index (κ3) is 4.51. The standard InChI is InChI=1S/C17H16ClF3N6OS/c1-2-26-13(24-25-16(26)29)6-7-22-15(28)12-9-23-27(14(12)17(19,20)21)11-5-3-4-10(18)8-11/h3-5,8-9H,2,6-7H2,1H3,(H,22,28)(H,25,29). The number of amides is 1. The van der Waals surface area contributed by atoms with E-state index in [4.69, 9.17) is 23.8 Å². The van der Waals surface area contributed by atoms with Gasteiger partial charge >= 0.3 is 6.18 Å². The minimum Gasteiger partial charge on any atom is -0.351 e. The molecule has 2 N–H and O–H groups in total. The highest BCUT2D eigenvalue weighted by Gasteiger charge is 2.40. The molecule has 154 valence electrons. The maximum absolute atomic E-state index is 13.7. The molecule has 3 rings (SSSR count). The van der Waals surface area contributed by atoms with Gasteiger partial charge in [-0.3, -0.25) is 9.89 Å². The van der Waals surface area contributed by atoms with E-state index in [2.05, 4.69) is 20.6 Å². The lowest BCUT2D eigenvalue weighted by molar-refractivity contribution is -0.143. The van der Waals surface area contributed by atoms with E-state index in [1.165, 1.54) is 24.3 Å². The molecule has 0 aliphatic rings. The highest BCUT2D eigenvalue weighted by atomic mass is 35.5. The number of hydrogen-bond acceptors (Lipinski definition) is 4. The summed E-state index contributed by atoms with van der Waals surface area (Å²) in [4.78, 5) is 12.4. The molecular formula is C17H16ClF3N6OS. The van der Waals surface area contributed by atoms with Crippen molar-refractivity contribution >= 4 is 29.7 Å². The molecule has 0 saturated heterocycles. The Hall–Kier alpha value is -2.66. The molecule has 1 amide bonds. The largest absolute Gasteiger partial charge is 0.434 e. The number of aromatic nitrogens is 5. The summed E-state index contributed by atoms with van der Waals surface area (Å²) in [6.45, 7) is 2.55. The molecule has 0 fully saturated rings. The number of carbonyl (C=O) groups is 1. The lowest BCUT2D eigenvalue weighted by atomic mass is 10.2. The molecule has 12 heteroatoms. The van der Waals surface area contributed by atoms with Gasteiger partial charge in [0.2, 0.25) is 0 Å². The van der Waals surface area contributed by atoms with Crippen LogP contribution in [0.3, 0.4) is 0 Å². The fourth-order valence-electron chi connectivity index (χ4n) is 2.84. The van der Waals surface area contributed by atoms with E-state index in [1.54, 1.807) is 4.57 Å².